The molecule has 2 rings (SSSR count). The zero-order valence-corrected chi connectivity index (χ0v) is 7.53. The fourth-order valence-electron chi connectivity index (χ4n) is 1.37. The Morgan fingerprint density at radius 3 is 3.00 bits per heavy atom. The van der Waals surface area contributed by atoms with Gasteiger partial charge in [0.25, 0.3) is 0 Å². The van der Waals surface area contributed by atoms with Crippen LogP contribution in [0.3, 0.4) is 0 Å². The van der Waals surface area contributed by atoms with Crippen LogP contribution in [0.1, 0.15) is 12.5 Å². The number of fused-ring (bicyclic) bond motifs is 1. The lowest BCUT2D eigenvalue weighted by molar-refractivity contribution is 0.618. The average molecular weight is 190 g/mol. The summed E-state index contributed by atoms with van der Waals surface area (Å²) in [4.78, 5) is 0. The minimum absolute atomic E-state index is 0.00866. The molecular formula is C9H7FN4. The Labute approximate surface area is 79.6 Å². The summed E-state index contributed by atoms with van der Waals surface area (Å²) in [5.74, 6) is -0.531. The molecule has 2 aromatic rings. The van der Waals surface area contributed by atoms with Crippen molar-refractivity contribution in [1.82, 2.24) is 15.0 Å². The van der Waals surface area contributed by atoms with Crippen molar-refractivity contribution in [2.45, 2.75) is 13.5 Å². The molecule has 0 aliphatic heterocycles. The molecule has 0 N–H and O–H groups in total. The molecule has 1 aromatic heterocycles. The zero-order valence-electron chi connectivity index (χ0n) is 7.53. The standard InChI is InChI=1S/C9H7FN4/c1-2-14-9-6(5-11)7(10)3-4-8(9)12-13-14/h3-4H,2H2,1H3. The average Bonchev–Trinajstić information content (AvgIpc) is 2.61. The second kappa shape index (κ2) is 3.07. The van der Waals surface area contributed by atoms with E-state index in [1.165, 1.54) is 16.8 Å². The Balaban J connectivity index is 2.90. The third-order valence-electron chi connectivity index (χ3n) is 2.04. The number of nitriles is 1. The van der Waals surface area contributed by atoms with Crippen LogP contribution in [0.15, 0.2) is 12.1 Å². The molecule has 0 saturated carbocycles. The fraction of sp³-hybridized carbons (Fsp3) is 0.222. The predicted octanol–water partition coefficient (Wildman–Crippen LogP) is 1.46. The SMILES string of the molecule is CCn1nnc2ccc(F)c(C#N)c21. The second-order valence-electron chi connectivity index (χ2n) is 2.81. The summed E-state index contributed by atoms with van der Waals surface area (Å²) in [7, 11) is 0. The zero-order chi connectivity index (χ0) is 10.1. The minimum atomic E-state index is -0.531. The van der Waals surface area contributed by atoms with Crippen molar-refractivity contribution in [3.63, 3.8) is 0 Å². The van der Waals surface area contributed by atoms with Crippen LogP contribution in [0.2, 0.25) is 0 Å². The van der Waals surface area contributed by atoms with Crippen molar-refractivity contribution in [2.75, 3.05) is 0 Å². The first-order valence-electron chi connectivity index (χ1n) is 4.19. The maximum absolute atomic E-state index is 13.2. The maximum Gasteiger partial charge on any atom is 0.143 e. The molecule has 5 heteroatoms. The van der Waals surface area contributed by atoms with E-state index < -0.39 is 5.82 Å². The van der Waals surface area contributed by atoms with Gasteiger partial charge in [-0.05, 0) is 19.1 Å². The Hall–Kier alpha value is -1.96. The van der Waals surface area contributed by atoms with Gasteiger partial charge in [-0.1, -0.05) is 5.21 Å². The van der Waals surface area contributed by atoms with Crippen LogP contribution in [0, 0.1) is 17.1 Å². The lowest BCUT2D eigenvalue weighted by Gasteiger charge is -1.98. The number of hydrogen-bond donors (Lipinski definition) is 0. The highest BCUT2D eigenvalue weighted by molar-refractivity contribution is 5.81. The lowest BCUT2D eigenvalue weighted by atomic mass is 10.2. The Morgan fingerprint density at radius 2 is 2.36 bits per heavy atom. The van der Waals surface area contributed by atoms with E-state index in [1.807, 2.05) is 13.0 Å². The van der Waals surface area contributed by atoms with Gasteiger partial charge in [0.15, 0.2) is 0 Å². The van der Waals surface area contributed by atoms with Gasteiger partial charge in [-0.3, -0.25) is 0 Å². The van der Waals surface area contributed by atoms with Crippen molar-refractivity contribution in [3.05, 3.63) is 23.5 Å². The molecule has 14 heavy (non-hydrogen) atoms. The van der Waals surface area contributed by atoms with Gasteiger partial charge >= 0.3 is 0 Å². The number of hydrogen-bond acceptors (Lipinski definition) is 3. The Bertz CT molecular complexity index is 523. The normalized spacial score (nSPS) is 10.4. The van der Waals surface area contributed by atoms with Crippen molar-refractivity contribution >= 4 is 11.0 Å². The molecule has 0 bridgehead atoms. The van der Waals surface area contributed by atoms with Gasteiger partial charge in [0.1, 0.15) is 28.5 Å². The van der Waals surface area contributed by atoms with Gasteiger partial charge in [0.2, 0.25) is 0 Å². The Kier molecular flexibility index (Phi) is 1.89. The summed E-state index contributed by atoms with van der Waals surface area (Å²) < 4.78 is 14.7. The van der Waals surface area contributed by atoms with E-state index in [-0.39, 0.29) is 5.56 Å². The molecule has 0 fully saturated rings. The van der Waals surface area contributed by atoms with Crippen LogP contribution < -0.4 is 0 Å². The number of nitrogens with zero attached hydrogens (tertiary/aromatic N) is 4. The highest BCUT2D eigenvalue weighted by Gasteiger charge is 2.12. The van der Waals surface area contributed by atoms with Crippen LogP contribution in [0.25, 0.3) is 11.0 Å². The third kappa shape index (κ3) is 1.04. The van der Waals surface area contributed by atoms with E-state index in [2.05, 4.69) is 10.3 Å². The number of rotatable bonds is 1. The molecule has 0 radical (unpaired) electrons. The number of aryl methyl sites for hydroxylation is 1. The predicted molar refractivity (Wildman–Crippen MR) is 47.9 cm³/mol. The van der Waals surface area contributed by atoms with Gasteiger partial charge in [-0.25, -0.2) is 9.07 Å². The van der Waals surface area contributed by atoms with Crippen LogP contribution in [0.4, 0.5) is 4.39 Å². The van der Waals surface area contributed by atoms with E-state index in [0.717, 1.165) is 0 Å². The van der Waals surface area contributed by atoms with E-state index >= 15 is 0 Å². The van der Waals surface area contributed by atoms with Gasteiger partial charge in [0, 0.05) is 6.54 Å². The molecule has 0 saturated heterocycles. The van der Waals surface area contributed by atoms with Gasteiger partial charge < -0.3 is 0 Å². The molecular weight excluding hydrogens is 183 g/mol. The summed E-state index contributed by atoms with van der Waals surface area (Å²) >= 11 is 0. The summed E-state index contributed by atoms with van der Waals surface area (Å²) in [6.45, 7) is 2.43. The van der Waals surface area contributed by atoms with Crippen LogP contribution in [-0.4, -0.2) is 15.0 Å². The van der Waals surface area contributed by atoms with Crippen molar-refractivity contribution in [1.29, 1.82) is 5.26 Å². The first-order valence-corrected chi connectivity index (χ1v) is 4.19. The summed E-state index contributed by atoms with van der Waals surface area (Å²) in [6, 6.07) is 4.57. The molecule has 0 atom stereocenters. The number of aromatic nitrogens is 3. The van der Waals surface area contributed by atoms with Crippen molar-refractivity contribution in [3.8, 4) is 6.07 Å². The molecule has 1 heterocycles. The molecule has 1 aromatic carbocycles. The van der Waals surface area contributed by atoms with E-state index in [1.54, 1.807) is 0 Å². The van der Waals surface area contributed by atoms with Crippen LogP contribution >= 0.6 is 0 Å². The number of benzene rings is 1. The largest absolute Gasteiger partial charge is 0.243 e. The molecule has 0 spiro atoms. The monoisotopic (exact) mass is 190 g/mol. The van der Waals surface area contributed by atoms with Gasteiger partial charge in [-0.15, -0.1) is 5.10 Å². The topological polar surface area (TPSA) is 54.5 Å². The number of halogens is 1. The summed E-state index contributed by atoms with van der Waals surface area (Å²) in [5.41, 5.74) is 1.02. The van der Waals surface area contributed by atoms with E-state index in [4.69, 9.17) is 5.26 Å². The third-order valence-corrected chi connectivity index (χ3v) is 2.04. The fourth-order valence-corrected chi connectivity index (χ4v) is 1.37. The van der Waals surface area contributed by atoms with Crippen molar-refractivity contribution in [2.24, 2.45) is 0 Å². The molecule has 4 nitrogen and oxygen atoms in total. The van der Waals surface area contributed by atoms with Crippen molar-refractivity contribution < 1.29 is 4.39 Å². The molecule has 0 aliphatic carbocycles. The van der Waals surface area contributed by atoms with Crippen LogP contribution in [-0.2, 0) is 6.54 Å². The van der Waals surface area contributed by atoms with E-state index in [0.29, 0.717) is 17.6 Å². The first kappa shape index (κ1) is 8.63. The van der Waals surface area contributed by atoms with Gasteiger partial charge in [-0.2, -0.15) is 5.26 Å². The molecule has 70 valence electrons. The quantitative estimate of drug-likeness (QED) is 0.684. The molecule has 0 aliphatic rings. The van der Waals surface area contributed by atoms with E-state index in [9.17, 15) is 4.39 Å². The summed E-state index contributed by atoms with van der Waals surface area (Å²) in [6.07, 6.45) is 0. The minimum Gasteiger partial charge on any atom is -0.243 e. The summed E-state index contributed by atoms with van der Waals surface area (Å²) in [5, 5.41) is 16.4. The highest BCUT2D eigenvalue weighted by atomic mass is 19.1. The first-order chi connectivity index (χ1) is 6.77. The lowest BCUT2D eigenvalue weighted by Crippen LogP contribution is -1.98. The second-order valence-corrected chi connectivity index (χ2v) is 2.81. The highest BCUT2D eigenvalue weighted by Crippen LogP contribution is 2.18. The molecule has 0 unspecified atom stereocenters. The Morgan fingerprint density at radius 1 is 1.57 bits per heavy atom. The van der Waals surface area contributed by atoms with Gasteiger partial charge in [0.05, 0.1) is 0 Å². The maximum atomic E-state index is 13.2. The molecule has 0 amide bonds. The smallest absolute Gasteiger partial charge is 0.143 e. The van der Waals surface area contributed by atoms with Crippen LogP contribution in [0.5, 0.6) is 0 Å².